The molecule has 0 bridgehead atoms. The zero-order valence-corrected chi connectivity index (χ0v) is 14.0. The van der Waals surface area contributed by atoms with Crippen LogP contribution in [0.25, 0.3) is 0 Å². The molecule has 1 aromatic heterocycles. The van der Waals surface area contributed by atoms with Gasteiger partial charge in [-0.3, -0.25) is 4.90 Å². The van der Waals surface area contributed by atoms with Gasteiger partial charge in [0, 0.05) is 25.7 Å². The van der Waals surface area contributed by atoms with Gasteiger partial charge in [-0.15, -0.1) is 0 Å². The van der Waals surface area contributed by atoms with Gasteiger partial charge in [0.2, 0.25) is 0 Å². The predicted molar refractivity (Wildman–Crippen MR) is 83.0 cm³/mol. The molecule has 120 valence electrons. The molecule has 1 fully saturated rings. The molecule has 2 rings (SSSR count). The van der Waals surface area contributed by atoms with Crippen LogP contribution in [0, 0.1) is 0 Å². The zero-order valence-electron chi connectivity index (χ0n) is 14.0. The van der Waals surface area contributed by atoms with E-state index in [1.165, 1.54) is 0 Å². The van der Waals surface area contributed by atoms with E-state index in [0.29, 0.717) is 0 Å². The van der Waals surface area contributed by atoms with E-state index in [2.05, 4.69) is 56.1 Å². The molecule has 0 aliphatic carbocycles. The van der Waals surface area contributed by atoms with Crippen molar-refractivity contribution in [2.24, 2.45) is 0 Å². The Bertz CT molecular complexity index is 438. The van der Waals surface area contributed by atoms with E-state index in [0.717, 1.165) is 50.6 Å². The zero-order chi connectivity index (χ0) is 15.5. The van der Waals surface area contributed by atoms with Gasteiger partial charge >= 0.3 is 0 Å². The Morgan fingerprint density at radius 3 is 2.52 bits per heavy atom. The highest BCUT2D eigenvalue weighted by molar-refractivity contribution is 5.06. The molecule has 0 amide bonds. The summed E-state index contributed by atoms with van der Waals surface area (Å²) in [4.78, 5) is 2.38. The van der Waals surface area contributed by atoms with Crippen LogP contribution in [0.5, 0.6) is 0 Å². The highest BCUT2D eigenvalue weighted by atomic mass is 16.5. The van der Waals surface area contributed by atoms with Crippen molar-refractivity contribution in [2.75, 3.05) is 19.6 Å². The molecule has 0 spiro atoms. The number of ether oxygens (including phenoxy) is 1. The maximum atomic E-state index is 6.10. The Balaban J connectivity index is 1.92. The highest BCUT2D eigenvalue weighted by Gasteiger charge is 2.38. The van der Waals surface area contributed by atoms with Crippen LogP contribution in [-0.4, -0.2) is 40.9 Å². The average molecular weight is 295 g/mol. The number of hydrogen-bond donors (Lipinski definition) is 1. The van der Waals surface area contributed by atoms with Crippen molar-refractivity contribution in [3.63, 3.8) is 0 Å². The normalized spacial score (nSPS) is 21.6. The second-order valence-corrected chi connectivity index (χ2v) is 7.23. The molecule has 1 aliphatic heterocycles. The monoisotopic (exact) mass is 295 g/mol. The Morgan fingerprint density at radius 2 is 1.90 bits per heavy atom. The SMILES string of the molecule is CCCNCc1cc(CN2CC(C)(C)OC(C)(C)C2)on1. The van der Waals surface area contributed by atoms with E-state index in [-0.39, 0.29) is 11.2 Å². The molecule has 0 radical (unpaired) electrons. The molecule has 21 heavy (non-hydrogen) atoms. The van der Waals surface area contributed by atoms with Crippen molar-refractivity contribution in [1.82, 2.24) is 15.4 Å². The summed E-state index contributed by atoms with van der Waals surface area (Å²) in [6, 6.07) is 2.05. The molecule has 1 aromatic rings. The van der Waals surface area contributed by atoms with Gasteiger partial charge in [0.1, 0.15) is 0 Å². The van der Waals surface area contributed by atoms with Crippen LogP contribution >= 0.6 is 0 Å². The number of morpholine rings is 1. The van der Waals surface area contributed by atoms with E-state index >= 15 is 0 Å². The van der Waals surface area contributed by atoms with Crippen LogP contribution in [0.2, 0.25) is 0 Å². The van der Waals surface area contributed by atoms with Crippen LogP contribution in [0.15, 0.2) is 10.6 Å². The van der Waals surface area contributed by atoms with E-state index in [1.807, 2.05) is 0 Å². The lowest BCUT2D eigenvalue weighted by Gasteiger charge is -2.46. The van der Waals surface area contributed by atoms with Crippen molar-refractivity contribution in [1.29, 1.82) is 0 Å². The van der Waals surface area contributed by atoms with Gasteiger partial charge in [-0.05, 0) is 40.7 Å². The maximum Gasteiger partial charge on any atom is 0.151 e. The standard InChI is InChI=1S/C16H29N3O2/c1-6-7-17-9-13-8-14(20-18-13)10-19-11-15(2,3)21-16(4,5)12-19/h8,17H,6-7,9-12H2,1-5H3. The Labute approximate surface area is 128 Å². The van der Waals surface area contributed by atoms with Crippen molar-refractivity contribution in [3.8, 4) is 0 Å². The molecule has 1 aliphatic rings. The molecule has 0 unspecified atom stereocenters. The van der Waals surface area contributed by atoms with E-state index in [9.17, 15) is 0 Å². The fraction of sp³-hybridized carbons (Fsp3) is 0.812. The lowest BCUT2D eigenvalue weighted by molar-refractivity contribution is -0.182. The first-order chi connectivity index (χ1) is 9.80. The van der Waals surface area contributed by atoms with Crippen LogP contribution in [0.3, 0.4) is 0 Å². The Hall–Kier alpha value is -0.910. The number of nitrogens with one attached hydrogen (secondary N) is 1. The Morgan fingerprint density at radius 1 is 1.24 bits per heavy atom. The summed E-state index contributed by atoms with van der Waals surface area (Å²) in [5, 5.41) is 7.47. The Kier molecular flexibility index (Phi) is 5.07. The van der Waals surface area contributed by atoms with Gasteiger partial charge in [0.05, 0.1) is 23.4 Å². The third kappa shape index (κ3) is 5.09. The van der Waals surface area contributed by atoms with Crippen molar-refractivity contribution in [2.45, 2.75) is 65.3 Å². The molecular weight excluding hydrogens is 266 g/mol. The molecular formula is C16H29N3O2. The number of hydrogen-bond acceptors (Lipinski definition) is 5. The first kappa shape index (κ1) is 16.5. The number of aromatic nitrogens is 1. The minimum absolute atomic E-state index is 0.132. The minimum atomic E-state index is -0.132. The minimum Gasteiger partial charge on any atom is -0.367 e. The first-order valence-electron chi connectivity index (χ1n) is 7.87. The molecule has 1 saturated heterocycles. The largest absolute Gasteiger partial charge is 0.367 e. The second-order valence-electron chi connectivity index (χ2n) is 7.23. The van der Waals surface area contributed by atoms with Crippen LogP contribution in [0.4, 0.5) is 0 Å². The summed E-state index contributed by atoms with van der Waals surface area (Å²) in [5.74, 6) is 0.928. The van der Waals surface area contributed by atoms with Crippen LogP contribution in [-0.2, 0) is 17.8 Å². The van der Waals surface area contributed by atoms with Crippen molar-refractivity contribution >= 4 is 0 Å². The van der Waals surface area contributed by atoms with E-state index < -0.39 is 0 Å². The van der Waals surface area contributed by atoms with Gasteiger partial charge < -0.3 is 14.6 Å². The van der Waals surface area contributed by atoms with E-state index in [4.69, 9.17) is 9.26 Å². The van der Waals surface area contributed by atoms with Gasteiger partial charge in [-0.25, -0.2) is 0 Å². The molecule has 1 N–H and O–H groups in total. The fourth-order valence-corrected chi connectivity index (χ4v) is 3.18. The van der Waals surface area contributed by atoms with Crippen molar-refractivity contribution < 1.29 is 9.26 Å². The first-order valence-corrected chi connectivity index (χ1v) is 7.87. The van der Waals surface area contributed by atoms with Crippen molar-refractivity contribution in [3.05, 3.63) is 17.5 Å². The highest BCUT2D eigenvalue weighted by Crippen LogP contribution is 2.28. The topological polar surface area (TPSA) is 50.5 Å². The molecule has 0 saturated carbocycles. The van der Waals surface area contributed by atoms with Gasteiger partial charge in [-0.1, -0.05) is 12.1 Å². The summed E-state index contributed by atoms with van der Waals surface area (Å²) in [5.41, 5.74) is 0.714. The molecule has 5 nitrogen and oxygen atoms in total. The third-order valence-corrected chi connectivity index (χ3v) is 3.48. The lowest BCUT2D eigenvalue weighted by Crippen LogP contribution is -2.56. The summed E-state index contributed by atoms with van der Waals surface area (Å²) < 4.78 is 11.6. The molecule has 0 aromatic carbocycles. The quantitative estimate of drug-likeness (QED) is 0.817. The molecule has 0 atom stereocenters. The van der Waals surface area contributed by atoms with Gasteiger partial charge in [0.25, 0.3) is 0 Å². The van der Waals surface area contributed by atoms with Gasteiger partial charge in [-0.2, -0.15) is 0 Å². The average Bonchev–Trinajstić information content (AvgIpc) is 2.72. The fourth-order valence-electron chi connectivity index (χ4n) is 3.18. The number of rotatable bonds is 6. The summed E-state index contributed by atoms with van der Waals surface area (Å²) in [6.07, 6.45) is 1.13. The maximum absolute atomic E-state index is 6.10. The second kappa shape index (κ2) is 6.46. The molecule has 2 heterocycles. The smallest absolute Gasteiger partial charge is 0.151 e. The molecule has 5 heteroatoms. The summed E-state index contributed by atoms with van der Waals surface area (Å²) in [6.45, 7) is 15.1. The third-order valence-electron chi connectivity index (χ3n) is 3.48. The predicted octanol–water partition coefficient (Wildman–Crippen LogP) is 2.56. The van der Waals surface area contributed by atoms with Crippen LogP contribution in [0.1, 0.15) is 52.5 Å². The lowest BCUT2D eigenvalue weighted by atomic mass is 9.99. The van der Waals surface area contributed by atoms with Gasteiger partial charge in [0.15, 0.2) is 5.76 Å². The number of nitrogens with zero attached hydrogens (tertiary/aromatic N) is 2. The van der Waals surface area contributed by atoms with E-state index in [1.54, 1.807) is 0 Å². The summed E-state index contributed by atoms with van der Waals surface area (Å²) in [7, 11) is 0. The van der Waals surface area contributed by atoms with Crippen LogP contribution < -0.4 is 5.32 Å². The summed E-state index contributed by atoms with van der Waals surface area (Å²) >= 11 is 0.